The number of H-pyrrole nitrogens is 2. The van der Waals surface area contributed by atoms with Crippen LogP contribution in [0.25, 0.3) is 57.3 Å². The molecule has 7 heteroatoms. The van der Waals surface area contributed by atoms with Crippen LogP contribution >= 0.6 is 11.8 Å². The van der Waals surface area contributed by atoms with Gasteiger partial charge in [-0.3, -0.25) is 4.79 Å². The van der Waals surface area contributed by atoms with Gasteiger partial charge in [0, 0.05) is 37.9 Å². The van der Waals surface area contributed by atoms with E-state index in [-0.39, 0.29) is 11.8 Å². The van der Waals surface area contributed by atoms with Gasteiger partial charge in [-0.2, -0.15) is 0 Å². The molecule has 0 radical (unpaired) electrons. The van der Waals surface area contributed by atoms with Crippen molar-refractivity contribution in [3.63, 3.8) is 0 Å². The molecular weight excluding hydrogens is 635 g/mol. The number of aromatic nitrogens is 5. The largest absolute Gasteiger partial charge is 0.355 e. The summed E-state index contributed by atoms with van der Waals surface area (Å²) in [6, 6.07) is 41.9. The van der Waals surface area contributed by atoms with Gasteiger partial charge in [0.25, 0.3) is 0 Å². The number of fused-ring (bicyclic) bond motifs is 9. The van der Waals surface area contributed by atoms with Crippen molar-refractivity contribution in [2.75, 3.05) is 0 Å². The van der Waals surface area contributed by atoms with E-state index >= 15 is 0 Å². The number of benzene rings is 3. The monoisotopic (exact) mass is 665 g/mol. The lowest BCUT2D eigenvalue weighted by atomic mass is 9.98. The van der Waals surface area contributed by atoms with Crippen molar-refractivity contribution < 1.29 is 4.79 Å². The van der Waals surface area contributed by atoms with E-state index in [1.54, 1.807) is 18.7 Å². The molecule has 0 fully saturated rings. The Morgan fingerprint density at radius 1 is 0.640 bits per heavy atom. The SMILES string of the molecule is CC(=O)c1c(Sc2cccc3c2ccn3C(c2ccccc2)c2ccccc2)c2cc3nc(cc4ccc(cc5nc(cc1[nH]2)C=C5)[nH]4)C=C3. The number of nitrogens with zero attached hydrogens (tertiary/aromatic N) is 3. The zero-order valence-corrected chi connectivity index (χ0v) is 28.0. The van der Waals surface area contributed by atoms with Gasteiger partial charge < -0.3 is 14.5 Å². The Kier molecular flexibility index (Phi) is 7.40. The van der Waals surface area contributed by atoms with Gasteiger partial charge in [-0.05, 0) is 97.0 Å². The maximum Gasteiger partial charge on any atom is 0.163 e. The smallest absolute Gasteiger partial charge is 0.163 e. The second-order valence-corrected chi connectivity index (χ2v) is 13.5. The highest BCUT2D eigenvalue weighted by molar-refractivity contribution is 7.99. The predicted molar refractivity (Wildman–Crippen MR) is 205 cm³/mol. The van der Waals surface area contributed by atoms with Crippen LogP contribution in [0.1, 0.15) is 57.2 Å². The van der Waals surface area contributed by atoms with Gasteiger partial charge in [0.2, 0.25) is 0 Å². The van der Waals surface area contributed by atoms with Crippen LogP contribution < -0.4 is 0 Å². The minimum atomic E-state index is -0.0213. The van der Waals surface area contributed by atoms with Crippen molar-refractivity contribution in [1.29, 1.82) is 0 Å². The van der Waals surface area contributed by atoms with Gasteiger partial charge >= 0.3 is 0 Å². The quantitative estimate of drug-likeness (QED) is 0.173. The summed E-state index contributed by atoms with van der Waals surface area (Å²) in [7, 11) is 0. The third-order valence-corrected chi connectivity index (χ3v) is 10.3. The lowest BCUT2D eigenvalue weighted by Gasteiger charge is -2.21. The van der Waals surface area contributed by atoms with Crippen LogP contribution in [0.4, 0.5) is 0 Å². The Labute approximate surface area is 292 Å². The number of ketones is 1. The molecule has 8 bridgehead atoms. The van der Waals surface area contributed by atoms with Gasteiger partial charge in [0.05, 0.1) is 45.4 Å². The molecule has 9 rings (SSSR count). The summed E-state index contributed by atoms with van der Waals surface area (Å²) in [6.07, 6.45) is 10.2. The standard InChI is InChI=1S/C43H31N5OS/c1-27(49)41-37-25-34-19-17-32(45-34)23-30-15-16-31(44-30)24-33-18-20-35(46-33)26-38(47-37)43(41)50-40-14-8-13-39-36(40)21-22-48(39)42(28-9-4-2-5-10-28)29-11-6-3-7-12-29/h2-26,42,44,47H,1H3. The second-order valence-electron chi connectivity index (χ2n) is 12.5. The molecule has 3 aromatic carbocycles. The summed E-state index contributed by atoms with van der Waals surface area (Å²) in [5, 5.41) is 1.12. The number of Topliss-reactive ketones (excluding diaryl/α,β-unsaturated/α-hetero) is 1. The number of carbonyl (C=O) groups excluding carboxylic acids is 1. The number of nitrogens with one attached hydrogen (secondary N) is 2. The first-order chi connectivity index (χ1) is 24.6. The first kappa shape index (κ1) is 29.9. The highest BCUT2D eigenvalue weighted by Gasteiger charge is 2.22. The van der Waals surface area contributed by atoms with E-state index in [1.807, 2.05) is 60.7 Å². The summed E-state index contributed by atoms with van der Waals surface area (Å²) in [5.41, 5.74) is 10.9. The van der Waals surface area contributed by atoms with E-state index < -0.39 is 0 Å². The molecular formula is C43H31N5OS. The zero-order valence-electron chi connectivity index (χ0n) is 27.2. The molecule has 6 heterocycles. The molecule has 0 saturated heterocycles. The Balaban J connectivity index is 1.24. The number of hydrogen-bond donors (Lipinski definition) is 2. The predicted octanol–water partition coefficient (Wildman–Crippen LogP) is 10.6. The topological polar surface area (TPSA) is 79.4 Å². The number of carbonyl (C=O) groups is 1. The molecule has 0 amide bonds. The summed E-state index contributed by atoms with van der Waals surface area (Å²) < 4.78 is 2.35. The van der Waals surface area contributed by atoms with Gasteiger partial charge in [-0.15, -0.1) is 0 Å². The van der Waals surface area contributed by atoms with Crippen LogP contribution in [-0.2, 0) is 0 Å². The first-order valence-electron chi connectivity index (χ1n) is 16.6. The fourth-order valence-corrected chi connectivity index (χ4v) is 8.10. The van der Waals surface area contributed by atoms with Gasteiger partial charge in [0.15, 0.2) is 5.78 Å². The van der Waals surface area contributed by atoms with Crippen LogP contribution in [0.3, 0.4) is 0 Å². The lowest BCUT2D eigenvalue weighted by molar-refractivity contribution is 0.101. The van der Waals surface area contributed by atoms with Crippen molar-refractivity contribution >= 4 is 74.8 Å². The third-order valence-electron chi connectivity index (χ3n) is 9.09. The van der Waals surface area contributed by atoms with Crippen LogP contribution in [0.5, 0.6) is 0 Å². The van der Waals surface area contributed by atoms with Crippen LogP contribution in [-0.4, -0.2) is 30.3 Å². The molecule has 240 valence electrons. The molecule has 0 saturated carbocycles. The van der Waals surface area contributed by atoms with Crippen LogP contribution in [0, 0.1) is 0 Å². The van der Waals surface area contributed by atoms with E-state index in [4.69, 9.17) is 9.97 Å². The van der Waals surface area contributed by atoms with Crippen molar-refractivity contribution in [1.82, 2.24) is 24.5 Å². The van der Waals surface area contributed by atoms with Crippen molar-refractivity contribution in [3.05, 3.63) is 167 Å². The van der Waals surface area contributed by atoms with E-state index in [0.717, 1.165) is 65.5 Å². The minimum absolute atomic E-state index is 0.00222. The Bertz CT molecular complexity index is 2620. The molecule has 0 aliphatic carbocycles. The van der Waals surface area contributed by atoms with Crippen molar-refractivity contribution in [3.8, 4) is 0 Å². The minimum Gasteiger partial charge on any atom is -0.355 e. The number of hydrogen-bond acceptors (Lipinski definition) is 4. The van der Waals surface area contributed by atoms with E-state index in [9.17, 15) is 4.79 Å². The van der Waals surface area contributed by atoms with E-state index in [0.29, 0.717) is 5.56 Å². The molecule has 0 unspecified atom stereocenters. The van der Waals surface area contributed by atoms with Gasteiger partial charge in [-0.25, -0.2) is 9.97 Å². The van der Waals surface area contributed by atoms with Gasteiger partial charge in [-0.1, -0.05) is 78.5 Å². The average molecular weight is 666 g/mol. The van der Waals surface area contributed by atoms with Gasteiger partial charge in [0.1, 0.15) is 0 Å². The fraction of sp³-hybridized carbons (Fsp3) is 0.0465. The second kappa shape index (κ2) is 12.4. The molecule has 6 nitrogen and oxygen atoms in total. The molecule has 2 aliphatic heterocycles. The third kappa shape index (κ3) is 5.57. The van der Waals surface area contributed by atoms with Crippen LogP contribution in [0.2, 0.25) is 0 Å². The summed E-state index contributed by atoms with van der Waals surface area (Å²) in [6.45, 7) is 1.63. The fourth-order valence-electron chi connectivity index (χ4n) is 6.88. The lowest BCUT2D eigenvalue weighted by Crippen LogP contribution is -2.11. The Morgan fingerprint density at radius 3 is 1.82 bits per heavy atom. The molecule has 0 spiro atoms. The maximum absolute atomic E-state index is 13.5. The van der Waals surface area contributed by atoms with E-state index in [2.05, 4.69) is 106 Å². The highest BCUT2D eigenvalue weighted by atomic mass is 32.2. The summed E-state index contributed by atoms with van der Waals surface area (Å²) in [4.78, 5) is 32.2. The highest BCUT2D eigenvalue weighted by Crippen LogP contribution is 2.41. The van der Waals surface area contributed by atoms with Crippen molar-refractivity contribution in [2.24, 2.45) is 0 Å². The van der Waals surface area contributed by atoms with E-state index in [1.165, 1.54) is 11.1 Å². The maximum atomic E-state index is 13.5. The molecule has 7 aromatic rings. The average Bonchev–Trinajstić information content (AvgIpc) is 3.97. The molecule has 2 aliphatic rings. The summed E-state index contributed by atoms with van der Waals surface area (Å²) in [5.74, 6) is -0.0213. The normalized spacial score (nSPS) is 12.3. The number of rotatable bonds is 6. The summed E-state index contributed by atoms with van der Waals surface area (Å²) >= 11 is 1.61. The van der Waals surface area contributed by atoms with Crippen LogP contribution in [0.15, 0.2) is 137 Å². The Morgan fingerprint density at radius 2 is 1.22 bits per heavy atom. The first-order valence-corrected chi connectivity index (χ1v) is 17.4. The zero-order chi connectivity index (χ0) is 33.6. The molecule has 50 heavy (non-hydrogen) atoms. The number of aromatic amines is 2. The molecule has 4 aromatic heterocycles. The Hall–Kier alpha value is -6.18. The molecule has 2 N–H and O–H groups in total. The van der Waals surface area contributed by atoms with Crippen molar-refractivity contribution in [2.45, 2.75) is 22.8 Å². The molecule has 0 atom stereocenters.